The van der Waals surface area contributed by atoms with Gasteiger partial charge in [-0.1, -0.05) is 0 Å². The van der Waals surface area contributed by atoms with Gasteiger partial charge in [-0.15, -0.1) is 0 Å². The van der Waals surface area contributed by atoms with Crippen molar-refractivity contribution in [2.45, 2.75) is 31.4 Å². The first-order chi connectivity index (χ1) is 15.7. The second-order valence-electron chi connectivity index (χ2n) is 8.49. The van der Waals surface area contributed by atoms with E-state index in [1.165, 1.54) is 12.4 Å². The molecule has 1 saturated heterocycles. The minimum Gasteiger partial charge on any atom is -0.396 e. The molecule has 1 amide bonds. The standard InChI is InChI=1S/C22H23F4N5O2/c23-16-1-2-18(22(24,25)26)17(7-16)13-5-14-10-31(11-15(14)6-13)20(33)19(27)30-21-28-8-12(3-4-32)9-29-21/h1-2,7-9,13-15,32H,3-6,10-11H2,(H2,27,28,29,30)/t13?,14-,15+. The molecular formula is C22H23F4N5O2. The van der Waals surface area contributed by atoms with Crippen molar-refractivity contribution >= 4 is 17.7 Å². The van der Waals surface area contributed by atoms with Crippen molar-refractivity contribution in [3.05, 3.63) is 53.1 Å². The van der Waals surface area contributed by atoms with Gasteiger partial charge >= 0.3 is 6.18 Å². The van der Waals surface area contributed by atoms with Crippen molar-refractivity contribution in [3.63, 3.8) is 0 Å². The maximum atomic E-state index is 13.7. The van der Waals surface area contributed by atoms with Gasteiger partial charge in [0.25, 0.3) is 11.9 Å². The highest BCUT2D eigenvalue weighted by Gasteiger charge is 2.45. The SMILES string of the molecule is N/C(=N\c1ncc(CCO)cn1)C(=O)N1C[C@H]2CC(c3cc(F)ccc3C(F)(F)F)C[C@H]2C1. The third-order valence-electron chi connectivity index (χ3n) is 6.33. The van der Waals surface area contributed by atoms with E-state index >= 15 is 0 Å². The highest BCUT2D eigenvalue weighted by atomic mass is 19.4. The minimum atomic E-state index is -4.55. The Kier molecular flexibility index (Phi) is 6.33. The lowest BCUT2D eigenvalue weighted by molar-refractivity contribution is -0.138. The average molecular weight is 465 g/mol. The van der Waals surface area contributed by atoms with Crippen LogP contribution in [0.4, 0.5) is 23.5 Å². The van der Waals surface area contributed by atoms with Gasteiger partial charge in [-0.2, -0.15) is 18.2 Å². The van der Waals surface area contributed by atoms with Crippen molar-refractivity contribution in [1.29, 1.82) is 0 Å². The molecule has 2 heterocycles. The van der Waals surface area contributed by atoms with Crippen LogP contribution in [-0.4, -0.2) is 51.4 Å². The Bertz CT molecular complexity index is 1040. The van der Waals surface area contributed by atoms with Crippen LogP contribution in [0.5, 0.6) is 0 Å². The molecule has 2 aromatic rings. The number of carbonyl (C=O) groups excluding carboxylic acids is 1. The van der Waals surface area contributed by atoms with Gasteiger partial charge in [0.05, 0.1) is 5.56 Å². The lowest BCUT2D eigenvalue weighted by Gasteiger charge is -2.21. The first kappa shape index (κ1) is 23.1. The van der Waals surface area contributed by atoms with E-state index in [2.05, 4.69) is 15.0 Å². The fourth-order valence-electron chi connectivity index (χ4n) is 4.83. The normalized spacial score (nSPS) is 23.1. The van der Waals surface area contributed by atoms with Crippen LogP contribution in [0.1, 0.15) is 35.4 Å². The molecule has 0 bridgehead atoms. The van der Waals surface area contributed by atoms with E-state index < -0.39 is 29.4 Å². The lowest BCUT2D eigenvalue weighted by atomic mass is 9.91. The molecule has 1 aromatic carbocycles. The van der Waals surface area contributed by atoms with Gasteiger partial charge in [-0.25, -0.2) is 14.4 Å². The minimum absolute atomic E-state index is 0.00474. The number of aliphatic hydroxyl groups excluding tert-OH is 1. The fourth-order valence-corrected chi connectivity index (χ4v) is 4.83. The van der Waals surface area contributed by atoms with Crippen LogP contribution in [0.3, 0.4) is 0 Å². The number of hydrogen-bond donors (Lipinski definition) is 2. The van der Waals surface area contributed by atoms with Crippen LogP contribution in [-0.2, 0) is 17.4 Å². The van der Waals surface area contributed by atoms with Crippen molar-refractivity contribution in [2.75, 3.05) is 19.7 Å². The van der Waals surface area contributed by atoms with E-state index in [1.807, 2.05) is 0 Å². The Morgan fingerprint density at radius 1 is 1.18 bits per heavy atom. The summed E-state index contributed by atoms with van der Waals surface area (Å²) in [5.74, 6) is -1.83. The van der Waals surface area contributed by atoms with E-state index in [-0.39, 0.29) is 35.8 Å². The Morgan fingerprint density at radius 2 is 1.82 bits per heavy atom. The number of benzene rings is 1. The van der Waals surface area contributed by atoms with Crippen LogP contribution in [0, 0.1) is 17.7 Å². The molecule has 1 aromatic heterocycles. The average Bonchev–Trinajstić information content (AvgIpc) is 3.33. The highest BCUT2D eigenvalue weighted by molar-refractivity contribution is 6.37. The van der Waals surface area contributed by atoms with E-state index in [4.69, 9.17) is 10.8 Å². The summed E-state index contributed by atoms with van der Waals surface area (Å²) in [6.07, 6.45) is -0.299. The molecule has 1 aliphatic heterocycles. The van der Waals surface area contributed by atoms with Crippen molar-refractivity contribution in [2.24, 2.45) is 22.6 Å². The van der Waals surface area contributed by atoms with E-state index in [1.54, 1.807) is 4.90 Å². The van der Waals surface area contributed by atoms with Gasteiger partial charge in [0.15, 0.2) is 5.84 Å². The summed E-state index contributed by atoms with van der Waals surface area (Å²) < 4.78 is 53.9. The molecule has 1 unspecified atom stereocenters. The number of likely N-dealkylation sites (tertiary alicyclic amines) is 1. The first-order valence-corrected chi connectivity index (χ1v) is 10.6. The Morgan fingerprint density at radius 3 is 2.39 bits per heavy atom. The van der Waals surface area contributed by atoms with Gasteiger partial charge in [0.2, 0.25) is 0 Å². The molecule has 3 atom stereocenters. The Balaban J connectivity index is 1.41. The quantitative estimate of drug-likeness (QED) is 0.411. The van der Waals surface area contributed by atoms with Crippen molar-refractivity contribution < 1.29 is 27.5 Å². The number of aliphatic hydroxyl groups is 1. The zero-order valence-electron chi connectivity index (χ0n) is 17.6. The molecule has 1 saturated carbocycles. The first-order valence-electron chi connectivity index (χ1n) is 10.6. The maximum Gasteiger partial charge on any atom is 0.416 e. The molecule has 7 nitrogen and oxygen atoms in total. The number of aromatic nitrogens is 2. The number of fused-ring (bicyclic) bond motifs is 1. The van der Waals surface area contributed by atoms with Crippen LogP contribution < -0.4 is 5.73 Å². The number of hydrogen-bond acceptors (Lipinski definition) is 5. The third kappa shape index (κ3) is 4.97. The molecular weight excluding hydrogens is 442 g/mol. The number of amides is 1. The molecule has 3 N–H and O–H groups in total. The van der Waals surface area contributed by atoms with Crippen LogP contribution >= 0.6 is 0 Å². The molecule has 33 heavy (non-hydrogen) atoms. The number of halogens is 4. The number of amidine groups is 1. The summed E-state index contributed by atoms with van der Waals surface area (Å²) in [4.78, 5) is 26.2. The van der Waals surface area contributed by atoms with Gasteiger partial charge in [-0.05, 0) is 66.3 Å². The highest BCUT2D eigenvalue weighted by Crippen LogP contribution is 2.49. The number of alkyl halides is 3. The van der Waals surface area contributed by atoms with Gasteiger partial charge in [-0.3, -0.25) is 4.79 Å². The molecule has 2 fully saturated rings. The zero-order valence-corrected chi connectivity index (χ0v) is 17.6. The van der Waals surface area contributed by atoms with Crippen molar-refractivity contribution in [1.82, 2.24) is 14.9 Å². The number of carbonyl (C=O) groups is 1. The number of nitrogens with two attached hydrogens (primary N) is 1. The van der Waals surface area contributed by atoms with Crippen LogP contribution in [0.25, 0.3) is 0 Å². The molecule has 176 valence electrons. The molecule has 4 rings (SSSR count). The lowest BCUT2D eigenvalue weighted by Crippen LogP contribution is -2.39. The molecule has 2 aliphatic rings. The number of rotatable bonds is 4. The van der Waals surface area contributed by atoms with Gasteiger partial charge < -0.3 is 15.7 Å². The molecule has 11 heteroatoms. The second-order valence-corrected chi connectivity index (χ2v) is 8.49. The van der Waals surface area contributed by atoms with Crippen molar-refractivity contribution in [3.8, 4) is 0 Å². The number of aliphatic imine (C=N–C) groups is 1. The van der Waals surface area contributed by atoms with Gasteiger partial charge in [0, 0.05) is 32.1 Å². The predicted molar refractivity (Wildman–Crippen MR) is 111 cm³/mol. The second kappa shape index (κ2) is 9.05. The smallest absolute Gasteiger partial charge is 0.396 e. The topological polar surface area (TPSA) is 105 Å². The van der Waals surface area contributed by atoms with Crippen LogP contribution in [0.2, 0.25) is 0 Å². The van der Waals surface area contributed by atoms with Gasteiger partial charge in [0.1, 0.15) is 5.82 Å². The largest absolute Gasteiger partial charge is 0.416 e. The maximum absolute atomic E-state index is 13.7. The monoisotopic (exact) mass is 465 g/mol. The fraction of sp³-hybridized carbons (Fsp3) is 0.455. The summed E-state index contributed by atoms with van der Waals surface area (Å²) in [7, 11) is 0. The molecule has 0 spiro atoms. The summed E-state index contributed by atoms with van der Waals surface area (Å²) in [6, 6.07) is 2.60. The zero-order chi connectivity index (χ0) is 23.8. The van der Waals surface area contributed by atoms with E-state index in [0.717, 1.165) is 23.8 Å². The molecule has 1 aliphatic carbocycles. The summed E-state index contributed by atoms with van der Waals surface area (Å²) in [5, 5.41) is 8.92. The summed E-state index contributed by atoms with van der Waals surface area (Å²) >= 11 is 0. The van der Waals surface area contributed by atoms with E-state index in [9.17, 15) is 22.4 Å². The predicted octanol–water partition coefficient (Wildman–Crippen LogP) is 2.81. The molecule has 0 radical (unpaired) electrons. The Hall–Kier alpha value is -3.08. The Labute approximate surface area is 187 Å². The summed E-state index contributed by atoms with van der Waals surface area (Å²) in [6.45, 7) is 0.661. The van der Waals surface area contributed by atoms with E-state index in [0.29, 0.717) is 32.4 Å². The third-order valence-corrected chi connectivity index (χ3v) is 6.33. The van der Waals surface area contributed by atoms with Crippen LogP contribution in [0.15, 0.2) is 35.6 Å². The number of nitrogens with zero attached hydrogens (tertiary/aromatic N) is 4. The summed E-state index contributed by atoms with van der Waals surface area (Å²) in [5.41, 5.74) is 5.75.